The zero-order valence-corrected chi connectivity index (χ0v) is 12.0. The Balaban J connectivity index is 2.45. The maximum absolute atomic E-state index is 12.7. The first kappa shape index (κ1) is 14.8. The van der Waals surface area contributed by atoms with Gasteiger partial charge in [0.1, 0.15) is 16.7 Å². The van der Waals surface area contributed by atoms with E-state index in [0.717, 1.165) is 10.7 Å². The highest BCUT2D eigenvalue weighted by molar-refractivity contribution is 7.89. The highest BCUT2D eigenvalue weighted by atomic mass is 32.2. The van der Waals surface area contributed by atoms with E-state index in [0.29, 0.717) is 12.8 Å². The molecule has 1 aliphatic heterocycles. The third-order valence-electron chi connectivity index (χ3n) is 3.39. The van der Waals surface area contributed by atoms with Crippen LogP contribution < -0.4 is 4.74 Å². The molecule has 1 aromatic rings. The van der Waals surface area contributed by atoms with Crippen molar-refractivity contribution < 1.29 is 23.1 Å². The Kier molecular flexibility index (Phi) is 4.29. The van der Waals surface area contributed by atoms with Gasteiger partial charge >= 0.3 is 5.97 Å². The van der Waals surface area contributed by atoms with Gasteiger partial charge in [-0.15, -0.1) is 0 Å². The van der Waals surface area contributed by atoms with Gasteiger partial charge in [0, 0.05) is 6.54 Å². The van der Waals surface area contributed by atoms with Crippen LogP contribution in [0.25, 0.3) is 0 Å². The fourth-order valence-electron chi connectivity index (χ4n) is 2.40. The van der Waals surface area contributed by atoms with E-state index in [1.54, 1.807) is 18.2 Å². The Bertz CT molecular complexity index is 599. The summed E-state index contributed by atoms with van der Waals surface area (Å²) >= 11 is 0. The number of hydrogen-bond acceptors (Lipinski definition) is 4. The third kappa shape index (κ3) is 2.64. The molecule has 0 spiro atoms. The molecular weight excluding hydrogens is 282 g/mol. The largest absolute Gasteiger partial charge is 0.495 e. The van der Waals surface area contributed by atoms with Crippen LogP contribution in [0.1, 0.15) is 19.3 Å². The van der Waals surface area contributed by atoms with Gasteiger partial charge in [0.2, 0.25) is 10.0 Å². The van der Waals surface area contributed by atoms with Crippen molar-refractivity contribution in [2.24, 2.45) is 0 Å². The zero-order valence-electron chi connectivity index (χ0n) is 11.2. The average molecular weight is 299 g/mol. The molecule has 1 saturated heterocycles. The number of aliphatic carboxylic acids is 1. The summed E-state index contributed by atoms with van der Waals surface area (Å²) in [5.74, 6) is -0.884. The summed E-state index contributed by atoms with van der Waals surface area (Å²) in [6, 6.07) is 5.24. The average Bonchev–Trinajstić information content (AvgIpc) is 2.47. The molecule has 1 N–H and O–H groups in total. The number of carboxylic acid groups (broad SMARTS) is 1. The Morgan fingerprint density at radius 3 is 2.70 bits per heavy atom. The molecule has 1 atom stereocenters. The van der Waals surface area contributed by atoms with Crippen molar-refractivity contribution in [3.8, 4) is 5.75 Å². The van der Waals surface area contributed by atoms with Crippen molar-refractivity contribution >= 4 is 16.0 Å². The normalized spacial score (nSPS) is 20.6. The lowest BCUT2D eigenvalue weighted by molar-refractivity contribution is -0.142. The summed E-state index contributed by atoms with van der Waals surface area (Å²) in [5, 5.41) is 9.21. The van der Waals surface area contributed by atoms with Crippen LogP contribution in [0, 0.1) is 0 Å². The van der Waals surface area contributed by atoms with Gasteiger partial charge in [0.15, 0.2) is 0 Å². The Hall–Kier alpha value is -1.60. The molecule has 1 unspecified atom stereocenters. The van der Waals surface area contributed by atoms with Crippen LogP contribution >= 0.6 is 0 Å². The second-order valence-electron chi connectivity index (χ2n) is 4.62. The summed E-state index contributed by atoms with van der Waals surface area (Å²) < 4.78 is 31.5. The van der Waals surface area contributed by atoms with E-state index < -0.39 is 22.0 Å². The van der Waals surface area contributed by atoms with Crippen LogP contribution in [0.2, 0.25) is 0 Å². The van der Waals surface area contributed by atoms with Crippen molar-refractivity contribution in [2.45, 2.75) is 30.2 Å². The minimum atomic E-state index is -3.87. The molecule has 1 heterocycles. The molecule has 0 aliphatic carbocycles. The van der Waals surface area contributed by atoms with Gasteiger partial charge in [0.05, 0.1) is 7.11 Å². The fourth-order valence-corrected chi connectivity index (χ4v) is 4.21. The van der Waals surface area contributed by atoms with Crippen molar-refractivity contribution in [3.63, 3.8) is 0 Å². The van der Waals surface area contributed by atoms with E-state index in [9.17, 15) is 18.3 Å². The zero-order chi connectivity index (χ0) is 14.8. The first-order valence-corrected chi connectivity index (χ1v) is 7.80. The molecule has 0 amide bonds. The van der Waals surface area contributed by atoms with Crippen LogP contribution in [0.3, 0.4) is 0 Å². The number of benzene rings is 1. The lowest BCUT2D eigenvalue weighted by Crippen LogP contribution is -2.47. The smallest absolute Gasteiger partial charge is 0.322 e. The number of carbonyl (C=O) groups is 1. The number of hydrogen-bond donors (Lipinski definition) is 1. The first-order valence-electron chi connectivity index (χ1n) is 6.36. The van der Waals surface area contributed by atoms with Gasteiger partial charge in [-0.3, -0.25) is 4.79 Å². The fraction of sp³-hybridized carbons (Fsp3) is 0.462. The molecule has 2 rings (SSSR count). The Morgan fingerprint density at radius 2 is 2.05 bits per heavy atom. The molecule has 1 aromatic carbocycles. The number of sulfonamides is 1. The highest BCUT2D eigenvalue weighted by Gasteiger charge is 2.38. The topological polar surface area (TPSA) is 83.9 Å². The number of piperidine rings is 1. The van der Waals surface area contributed by atoms with E-state index >= 15 is 0 Å². The molecule has 6 nitrogen and oxygen atoms in total. The maximum Gasteiger partial charge on any atom is 0.322 e. The van der Waals surface area contributed by atoms with Crippen LogP contribution in [0.15, 0.2) is 29.2 Å². The van der Waals surface area contributed by atoms with E-state index in [1.807, 2.05) is 0 Å². The summed E-state index contributed by atoms with van der Waals surface area (Å²) in [6.07, 6.45) is 1.72. The molecule has 7 heteroatoms. The number of ether oxygens (including phenoxy) is 1. The predicted octanol–water partition coefficient (Wildman–Crippen LogP) is 1.32. The number of methoxy groups -OCH3 is 1. The second kappa shape index (κ2) is 5.80. The van der Waals surface area contributed by atoms with Gasteiger partial charge < -0.3 is 9.84 Å². The summed E-state index contributed by atoms with van der Waals surface area (Å²) in [7, 11) is -2.48. The summed E-state index contributed by atoms with van der Waals surface area (Å²) in [6.45, 7) is 0.220. The minimum Gasteiger partial charge on any atom is -0.495 e. The van der Waals surface area contributed by atoms with Gasteiger partial charge in [-0.1, -0.05) is 12.1 Å². The lowest BCUT2D eigenvalue weighted by Gasteiger charge is -2.32. The molecule has 0 saturated carbocycles. The highest BCUT2D eigenvalue weighted by Crippen LogP contribution is 2.30. The molecule has 0 aromatic heterocycles. The van der Waals surface area contributed by atoms with Gasteiger partial charge in [0.25, 0.3) is 0 Å². The third-order valence-corrected chi connectivity index (χ3v) is 5.34. The molecule has 1 aliphatic rings. The predicted molar refractivity (Wildman–Crippen MR) is 72.2 cm³/mol. The van der Waals surface area contributed by atoms with Gasteiger partial charge in [-0.25, -0.2) is 8.42 Å². The van der Waals surface area contributed by atoms with Crippen LogP contribution in [-0.4, -0.2) is 43.5 Å². The van der Waals surface area contributed by atoms with Crippen molar-refractivity contribution in [1.29, 1.82) is 0 Å². The van der Waals surface area contributed by atoms with Crippen molar-refractivity contribution in [2.75, 3.05) is 13.7 Å². The number of rotatable bonds is 4. The van der Waals surface area contributed by atoms with Crippen molar-refractivity contribution in [1.82, 2.24) is 4.31 Å². The van der Waals surface area contributed by atoms with Crippen LogP contribution in [-0.2, 0) is 14.8 Å². The summed E-state index contributed by atoms with van der Waals surface area (Å²) in [4.78, 5) is 11.3. The quantitative estimate of drug-likeness (QED) is 0.906. The van der Waals surface area contributed by atoms with Crippen LogP contribution in [0.5, 0.6) is 5.75 Å². The molecule has 110 valence electrons. The Morgan fingerprint density at radius 1 is 1.35 bits per heavy atom. The minimum absolute atomic E-state index is 0.00986. The van der Waals surface area contributed by atoms with E-state index in [-0.39, 0.29) is 17.2 Å². The van der Waals surface area contributed by atoms with Gasteiger partial charge in [-0.2, -0.15) is 4.31 Å². The molecular formula is C13H17NO5S. The summed E-state index contributed by atoms with van der Waals surface area (Å²) in [5.41, 5.74) is 0. The second-order valence-corrected chi connectivity index (χ2v) is 6.48. The Labute approximate surface area is 118 Å². The van der Waals surface area contributed by atoms with Gasteiger partial charge in [-0.05, 0) is 31.4 Å². The first-order chi connectivity index (χ1) is 9.48. The monoisotopic (exact) mass is 299 g/mol. The number of carboxylic acids is 1. The van der Waals surface area contributed by atoms with E-state index in [2.05, 4.69) is 0 Å². The lowest BCUT2D eigenvalue weighted by atomic mass is 10.1. The maximum atomic E-state index is 12.7. The molecule has 0 radical (unpaired) electrons. The molecule has 0 bridgehead atoms. The van der Waals surface area contributed by atoms with Crippen molar-refractivity contribution in [3.05, 3.63) is 24.3 Å². The molecule has 20 heavy (non-hydrogen) atoms. The van der Waals surface area contributed by atoms with E-state index in [1.165, 1.54) is 13.2 Å². The standard InChI is InChI=1S/C13H17NO5S/c1-19-11-7-2-3-8-12(11)20(17,18)14-9-5-4-6-10(14)13(15)16/h2-3,7-8,10H,4-6,9H2,1H3,(H,15,16). The number of para-hydroxylation sites is 1. The van der Waals surface area contributed by atoms with E-state index in [4.69, 9.17) is 4.74 Å². The van der Waals surface area contributed by atoms with Crippen LogP contribution in [0.4, 0.5) is 0 Å². The molecule has 1 fully saturated rings. The number of nitrogens with zero attached hydrogens (tertiary/aromatic N) is 1. The SMILES string of the molecule is COc1ccccc1S(=O)(=O)N1CCCCC1C(=O)O.